The lowest BCUT2D eigenvalue weighted by molar-refractivity contribution is -0.120. The number of urea groups is 1. The van der Waals surface area contributed by atoms with E-state index in [-0.39, 0.29) is 11.9 Å². The summed E-state index contributed by atoms with van der Waals surface area (Å²) in [6.07, 6.45) is 5.49. The summed E-state index contributed by atoms with van der Waals surface area (Å²) in [6, 6.07) is 3.65. The zero-order valence-electron chi connectivity index (χ0n) is 16.9. The molecule has 4 rings (SSSR count). The number of anilines is 1. The second kappa shape index (κ2) is 7.88. The van der Waals surface area contributed by atoms with E-state index in [4.69, 9.17) is 16.0 Å². The van der Waals surface area contributed by atoms with Crippen molar-refractivity contribution in [3.63, 3.8) is 0 Å². The molecule has 0 unspecified atom stereocenters. The lowest BCUT2D eigenvalue weighted by atomic mass is 9.74. The summed E-state index contributed by atoms with van der Waals surface area (Å²) in [6.45, 7) is 1.22. The first kappa shape index (κ1) is 20.0. The zero-order chi connectivity index (χ0) is 20.6. The van der Waals surface area contributed by atoms with E-state index < -0.39 is 5.54 Å². The predicted molar refractivity (Wildman–Crippen MR) is 113 cm³/mol. The van der Waals surface area contributed by atoms with Crippen LogP contribution in [0.25, 0.3) is 11.0 Å². The van der Waals surface area contributed by atoms with Crippen LogP contribution in [0, 0.1) is 0 Å². The number of halogens is 1. The molecule has 2 aromatic rings. The second-order valence-electron chi connectivity index (χ2n) is 8.12. The number of carbonyl (C=O) groups excluding carboxylic acids is 2. The lowest BCUT2D eigenvalue weighted by Crippen LogP contribution is -2.52. The number of benzene rings is 1. The highest BCUT2D eigenvalue weighted by Crippen LogP contribution is 2.48. The third-order valence-electron chi connectivity index (χ3n) is 6.01. The smallest absolute Gasteiger partial charge is 0.319 e. The standard InChI is InChI=1S/C21H27ClN4O3/c1-23-16(27)6-9-26(2)12-14-10-13-11-15(22)18-17(19(13)29-14)21(25-20(28)24-18)7-4-3-5-8-21/h10-11H,3-9,12H2,1-2H3,(H,23,27)(H2,24,25,28). The Kier molecular flexibility index (Phi) is 5.44. The van der Waals surface area contributed by atoms with E-state index in [1.54, 1.807) is 7.05 Å². The number of nitrogens with one attached hydrogen (secondary N) is 3. The van der Waals surface area contributed by atoms with Crippen LogP contribution < -0.4 is 16.0 Å². The fourth-order valence-electron chi connectivity index (χ4n) is 4.58. The summed E-state index contributed by atoms with van der Waals surface area (Å²) < 4.78 is 6.30. The fraction of sp³-hybridized carbons (Fsp3) is 0.524. The molecule has 1 aromatic carbocycles. The van der Waals surface area contributed by atoms with Gasteiger partial charge in [-0.05, 0) is 32.0 Å². The van der Waals surface area contributed by atoms with Crippen molar-refractivity contribution in [2.45, 2.75) is 50.6 Å². The van der Waals surface area contributed by atoms with Crippen LogP contribution in [0.5, 0.6) is 0 Å². The second-order valence-corrected chi connectivity index (χ2v) is 8.53. The van der Waals surface area contributed by atoms with Crippen LogP contribution in [0.4, 0.5) is 10.5 Å². The largest absolute Gasteiger partial charge is 0.459 e. The van der Waals surface area contributed by atoms with Gasteiger partial charge in [-0.25, -0.2) is 4.79 Å². The van der Waals surface area contributed by atoms with Crippen LogP contribution in [0.2, 0.25) is 5.02 Å². The van der Waals surface area contributed by atoms with Gasteiger partial charge >= 0.3 is 6.03 Å². The van der Waals surface area contributed by atoms with Crippen LogP contribution in [0.1, 0.15) is 49.8 Å². The average molecular weight is 419 g/mol. The molecule has 2 heterocycles. The molecule has 1 fully saturated rings. The third kappa shape index (κ3) is 3.81. The molecule has 156 valence electrons. The Labute approximate surface area is 175 Å². The molecule has 0 bridgehead atoms. The van der Waals surface area contributed by atoms with Gasteiger partial charge < -0.3 is 20.4 Å². The highest BCUT2D eigenvalue weighted by Gasteiger charge is 2.43. The van der Waals surface area contributed by atoms with Crippen LogP contribution in [0.3, 0.4) is 0 Å². The molecule has 1 aromatic heterocycles. The molecule has 1 aliphatic heterocycles. The number of furan rings is 1. The number of rotatable bonds is 5. The van der Waals surface area contributed by atoms with E-state index in [0.29, 0.717) is 30.2 Å². The molecule has 3 N–H and O–H groups in total. The van der Waals surface area contributed by atoms with Crippen molar-refractivity contribution in [1.82, 2.24) is 15.5 Å². The molecule has 1 spiro atoms. The maximum atomic E-state index is 12.3. The zero-order valence-corrected chi connectivity index (χ0v) is 17.6. The van der Waals surface area contributed by atoms with Crippen molar-refractivity contribution in [1.29, 1.82) is 0 Å². The maximum absolute atomic E-state index is 12.3. The lowest BCUT2D eigenvalue weighted by Gasteiger charge is -2.42. The number of fused-ring (bicyclic) bond motifs is 4. The highest BCUT2D eigenvalue weighted by molar-refractivity contribution is 6.35. The van der Waals surface area contributed by atoms with Crippen LogP contribution in [0.15, 0.2) is 16.5 Å². The Morgan fingerprint density at radius 2 is 2.07 bits per heavy atom. The Hall–Kier alpha value is -2.25. The molecule has 0 saturated heterocycles. The summed E-state index contributed by atoms with van der Waals surface area (Å²) >= 11 is 6.57. The van der Waals surface area contributed by atoms with Crippen LogP contribution in [-0.2, 0) is 16.9 Å². The first-order valence-electron chi connectivity index (χ1n) is 10.2. The molecular weight excluding hydrogens is 392 g/mol. The first-order chi connectivity index (χ1) is 13.9. The van der Waals surface area contributed by atoms with Gasteiger partial charge in [0.05, 0.1) is 22.8 Å². The van der Waals surface area contributed by atoms with Crippen molar-refractivity contribution >= 4 is 40.2 Å². The summed E-state index contributed by atoms with van der Waals surface area (Å²) in [5, 5.41) is 10.2. The summed E-state index contributed by atoms with van der Waals surface area (Å²) in [5.41, 5.74) is 1.99. The van der Waals surface area contributed by atoms with Gasteiger partial charge in [0.1, 0.15) is 11.3 Å². The molecule has 0 atom stereocenters. The Morgan fingerprint density at radius 3 is 2.79 bits per heavy atom. The van der Waals surface area contributed by atoms with Crippen LogP contribution >= 0.6 is 11.6 Å². The van der Waals surface area contributed by atoms with Gasteiger partial charge in [-0.1, -0.05) is 30.9 Å². The molecule has 2 aliphatic rings. The van der Waals surface area contributed by atoms with Gasteiger partial charge in [0, 0.05) is 31.0 Å². The van der Waals surface area contributed by atoms with Gasteiger partial charge in [-0.3, -0.25) is 9.69 Å². The molecule has 0 radical (unpaired) electrons. The predicted octanol–water partition coefficient (Wildman–Crippen LogP) is 3.95. The van der Waals surface area contributed by atoms with E-state index >= 15 is 0 Å². The van der Waals surface area contributed by atoms with E-state index in [9.17, 15) is 9.59 Å². The summed E-state index contributed by atoms with van der Waals surface area (Å²) in [4.78, 5) is 25.9. The first-order valence-corrected chi connectivity index (χ1v) is 10.5. The summed E-state index contributed by atoms with van der Waals surface area (Å²) in [7, 11) is 3.60. The Morgan fingerprint density at radius 1 is 1.31 bits per heavy atom. The van der Waals surface area contributed by atoms with E-state index in [1.165, 1.54) is 6.42 Å². The van der Waals surface area contributed by atoms with E-state index in [2.05, 4.69) is 20.9 Å². The monoisotopic (exact) mass is 418 g/mol. The minimum absolute atomic E-state index is 0.0170. The normalized spacial score (nSPS) is 17.9. The van der Waals surface area contributed by atoms with E-state index in [0.717, 1.165) is 48.0 Å². The SMILES string of the molecule is CNC(=O)CCN(C)Cc1cc2cc(Cl)c3c(c2o1)C1(CCCCC1)NC(=O)N3. The van der Waals surface area contributed by atoms with Gasteiger partial charge in [0.15, 0.2) is 0 Å². The minimum Gasteiger partial charge on any atom is -0.459 e. The third-order valence-corrected chi connectivity index (χ3v) is 6.31. The minimum atomic E-state index is -0.431. The summed E-state index contributed by atoms with van der Waals surface area (Å²) in [5.74, 6) is 0.829. The van der Waals surface area contributed by atoms with Gasteiger partial charge in [-0.15, -0.1) is 0 Å². The van der Waals surface area contributed by atoms with Crippen molar-refractivity contribution in [3.8, 4) is 0 Å². The maximum Gasteiger partial charge on any atom is 0.319 e. The van der Waals surface area contributed by atoms with Crippen molar-refractivity contribution in [2.24, 2.45) is 0 Å². The van der Waals surface area contributed by atoms with Crippen LogP contribution in [-0.4, -0.2) is 37.5 Å². The van der Waals surface area contributed by atoms with E-state index in [1.807, 2.05) is 19.2 Å². The molecule has 8 heteroatoms. The average Bonchev–Trinajstić information content (AvgIpc) is 3.08. The van der Waals surface area contributed by atoms with Crippen molar-refractivity contribution < 1.29 is 14.0 Å². The number of amides is 3. The fourth-order valence-corrected chi connectivity index (χ4v) is 4.84. The number of nitrogens with zero attached hydrogens (tertiary/aromatic N) is 1. The van der Waals surface area contributed by atoms with Crippen molar-refractivity contribution in [2.75, 3.05) is 26.0 Å². The Balaban J connectivity index is 1.69. The number of hydrogen-bond donors (Lipinski definition) is 3. The van der Waals surface area contributed by atoms with Gasteiger partial charge in [-0.2, -0.15) is 0 Å². The topological polar surface area (TPSA) is 86.6 Å². The van der Waals surface area contributed by atoms with Crippen molar-refractivity contribution in [3.05, 3.63) is 28.5 Å². The molecule has 7 nitrogen and oxygen atoms in total. The Bertz CT molecular complexity index is 949. The quantitative estimate of drug-likeness (QED) is 0.686. The van der Waals surface area contributed by atoms with Gasteiger partial charge in [0.2, 0.25) is 5.91 Å². The number of carbonyl (C=O) groups is 2. The van der Waals surface area contributed by atoms with Gasteiger partial charge in [0.25, 0.3) is 0 Å². The molecule has 1 aliphatic carbocycles. The molecule has 1 saturated carbocycles. The molecule has 3 amide bonds. The molecule has 29 heavy (non-hydrogen) atoms. The number of hydrogen-bond acceptors (Lipinski definition) is 4. The highest BCUT2D eigenvalue weighted by atomic mass is 35.5. The molecular formula is C21H27ClN4O3.